The van der Waals surface area contributed by atoms with Gasteiger partial charge in [0.05, 0.1) is 25.2 Å². The standard InChI is InChI=1S/C12H19NO4/c1-12(2,3)17-11(15)13-6-8-9(14)4-5-16-10(8)7-13/h8,10H,4-7H2,1-3H3. The van der Waals surface area contributed by atoms with Crippen molar-refractivity contribution < 1.29 is 19.1 Å². The number of carbonyl (C=O) groups is 2. The van der Waals surface area contributed by atoms with Gasteiger partial charge in [0.1, 0.15) is 11.4 Å². The molecule has 2 aliphatic rings. The van der Waals surface area contributed by atoms with Crippen molar-refractivity contribution in [1.29, 1.82) is 0 Å². The van der Waals surface area contributed by atoms with E-state index in [-0.39, 0.29) is 23.9 Å². The number of amides is 1. The second-order valence-corrected chi connectivity index (χ2v) is 5.62. The minimum absolute atomic E-state index is 0.135. The predicted molar refractivity (Wildman–Crippen MR) is 60.7 cm³/mol. The number of rotatable bonds is 0. The van der Waals surface area contributed by atoms with Crippen molar-refractivity contribution in [2.24, 2.45) is 5.92 Å². The van der Waals surface area contributed by atoms with E-state index in [1.165, 1.54) is 0 Å². The molecule has 0 N–H and O–H groups in total. The van der Waals surface area contributed by atoms with Crippen molar-refractivity contribution >= 4 is 11.9 Å². The van der Waals surface area contributed by atoms with Crippen molar-refractivity contribution in [2.75, 3.05) is 19.7 Å². The number of carbonyl (C=O) groups excluding carboxylic acids is 2. The molecular formula is C12H19NO4. The molecule has 0 saturated carbocycles. The summed E-state index contributed by atoms with van der Waals surface area (Å²) in [6.45, 7) is 6.85. The molecule has 5 heteroatoms. The monoisotopic (exact) mass is 241 g/mol. The van der Waals surface area contributed by atoms with Crippen LogP contribution in [0.3, 0.4) is 0 Å². The first kappa shape index (κ1) is 12.4. The number of fused-ring (bicyclic) bond motifs is 1. The Kier molecular flexibility index (Phi) is 3.12. The van der Waals surface area contributed by atoms with E-state index in [9.17, 15) is 9.59 Å². The van der Waals surface area contributed by atoms with Crippen LogP contribution < -0.4 is 0 Å². The molecule has 1 amide bonds. The van der Waals surface area contributed by atoms with Gasteiger partial charge in [0.2, 0.25) is 0 Å². The van der Waals surface area contributed by atoms with Crippen LogP contribution in [-0.2, 0) is 14.3 Å². The fourth-order valence-electron chi connectivity index (χ4n) is 2.22. The van der Waals surface area contributed by atoms with Gasteiger partial charge >= 0.3 is 6.09 Å². The van der Waals surface area contributed by atoms with Crippen molar-refractivity contribution in [3.8, 4) is 0 Å². The minimum Gasteiger partial charge on any atom is -0.444 e. The maximum Gasteiger partial charge on any atom is 0.410 e. The Balaban J connectivity index is 1.97. The molecule has 0 aromatic heterocycles. The summed E-state index contributed by atoms with van der Waals surface area (Å²) in [5.41, 5.74) is -0.504. The topological polar surface area (TPSA) is 55.8 Å². The highest BCUT2D eigenvalue weighted by atomic mass is 16.6. The Labute approximate surface area is 101 Å². The van der Waals surface area contributed by atoms with Gasteiger partial charge in [0.15, 0.2) is 0 Å². The first-order valence-corrected chi connectivity index (χ1v) is 5.99. The number of Topliss-reactive ketones (excluding diaryl/α,β-unsaturated/α-hetero) is 1. The minimum atomic E-state index is -0.504. The van der Waals surface area contributed by atoms with Crippen molar-refractivity contribution in [3.63, 3.8) is 0 Å². The predicted octanol–water partition coefficient (Wildman–Crippen LogP) is 1.21. The largest absolute Gasteiger partial charge is 0.444 e. The Hall–Kier alpha value is -1.10. The maximum atomic E-state index is 11.8. The fraction of sp³-hybridized carbons (Fsp3) is 0.833. The van der Waals surface area contributed by atoms with Crippen LogP contribution in [0.1, 0.15) is 27.2 Å². The van der Waals surface area contributed by atoms with Crippen LogP contribution in [0.2, 0.25) is 0 Å². The summed E-state index contributed by atoms with van der Waals surface area (Å²) in [5.74, 6) is 0.0450. The number of hydrogen-bond acceptors (Lipinski definition) is 4. The highest BCUT2D eigenvalue weighted by molar-refractivity contribution is 5.84. The summed E-state index contributed by atoms with van der Waals surface area (Å²) < 4.78 is 10.8. The lowest BCUT2D eigenvalue weighted by molar-refractivity contribution is -0.133. The highest BCUT2D eigenvalue weighted by Crippen LogP contribution is 2.27. The van der Waals surface area contributed by atoms with Crippen LogP contribution in [0, 0.1) is 5.92 Å². The van der Waals surface area contributed by atoms with E-state index in [2.05, 4.69) is 0 Å². The third-order valence-corrected chi connectivity index (χ3v) is 3.01. The molecule has 2 saturated heterocycles. The zero-order valence-electron chi connectivity index (χ0n) is 10.6. The Morgan fingerprint density at radius 3 is 2.71 bits per heavy atom. The molecule has 0 spiro atoms. The van der Waals surface area contributed by atoms with E-state index in [4.69, 9.17) is 9.47 Å². The van der Waals surface area contributed by atoms with Crippen LogP contribution in [0.25, 0.3) is 0 Å². The second-order valence-electron chi connectivity index (χ2n) is 5.62. The zero-order valence-corrected chi connectivity index (χ0v) is 10.6. The molecule has 17 heavy (non-hydrogen) atoms. The number of hydrogen-bond donors (Lipinski definition) is 0. The van der Waals surface area contributed by atoms with Crippen LogP contribution in [0.5, 0.6) is 0 Å². The van der Waals surface area contributed by atoms with E-state index in [0.29, 0.717) is 26.1 Å². The van der Waals surface area contributed by atoms with Gasteiger partial charge in [-0.05, 0) is 20.8 Å². The van der Waals surface area contributed by atoms with Crippen LogP contribution >= 0.6 is 0 Å². The van der Waals surface area contributed by atoms with Crippen molar-refractivity contribution in [2.45, 2.75) is 38.9 Å². The highest BCUT2D eigenvalue weighted by Gasteiger charge is 2.43. The van der Waals surface area contributed by atoms with Gasteiger partial charge in [-0.15, -0.1) is 0 Å². The summed E-state index contributed by atoms with van der Waals surface area (Å²) in [5, 5.41) is 0. The van der Waals surface area contributed by atoms with E-state index < -0.39 is 5.60 Å². The summed E-state index contributed by atoms with van der Waals surface area (Å²) in [6.07, 6.45) is -0.0318. The normalized spacial score (nSPS) is 29.1. The van der Waals surface area contributed by atoms with Gasteiger partial charge < -0.3 is 14.4 Å². The second kappa shape index (κ2) is 4.29. The summed E-state index contributed by atoms with van der Waals surface area (Å²) in [7, 11) is 0. The van der Waals surface area contributed by atoms with E-state index in [1.807, 2.05) is 20.8 Å². The molecule has 2 fully saturated rings. The number of nitrogens with zero attached hydrogens (tertiary/aromatic N) is 1. The molecule has 0 bridgehead atoms. The SMILES string of the molecule is CC(C)(C)OC(=O)N1CC2OCCC(=O)C2C1. The zero-order chi connectivity index (χ0) is 12.6. The lowest BCUT2D eigenvalue weighted by atomic mass is 9.96. The first-order chi connectivity index (χ1) is 7.87. The smallest absolute Gasteiger partial charge is 0.410 e. The summed E-state index contributed by atoms with van der Waals surface area (Å²) >= 11 is 0. The molecule has 96 valence electrons. The van der Waals surface area contributed by atoms with Gasteiger partial charge in [-0.25, -0.2) is 4.79 Å². The molecule has 2 heterocycles. The Bertz CT molecular complexity index is 334. The first-order valence-electron chi connectivity index (χ1n) is 5.99. The molecule has 5 nitrogen and oxygen atoms in total. The Morgan fingerprint density at radius 2 is 2.12 bits per heavy atom. The average molecular weight is 241 g/mol. The third-order valence-electron chi connectivity index (χ3n) is 3.01. The number of likely N-dealkylation sites (tertiary alicyclic amines) is 1. The third kappa shape index (κ3) is 2.77. The van der Waals surface area contributed by atoms with Crippen molar-refractivity contribution in [3.05, 3.63) is 0 Å². The summed E-state index contributed by atoms with van der Waals surface area (Å²) in [6, 6.07) is 0. The fourth-order valence-corrected chi connectivity index (χ4v) is 2.22. The number of ketones is 1. The quantitative estimate of drug-likeness (QED) is 0.639. The van der Waals surface area contributed by atoms with Crippen molar-refractivity contribution in [1.82, 2.24) is 4.90 Å². The lowest BCUT2D eigenvalue weighted by Gasteiger charge is -2.24. The molecular weight excluding hydrogens is 222 g/mol. The molecule has 2 unspecified atom stereocenters. The van der Waals surface area contributed by atoms with Gasteiger partial charge in [-0.3, -0.25) is 4.79 Å². The molecule has 0 radical (unpaired) electrons. The molecule has 0 aromatic carbocycles. The maximum absolute atomic E-state index is 11.8. The Morgan fingerprint density at radius 1 is 1.41 bits per heavy atom. The summed E-state index contributed by atoms with van der Waals surface area (Å²) in [4.78, 5) is 25.1. The molecule has 0 aromatic rings. The van der Waals surface area contributed by atoms with Crippen LogP contribution in [-0.4, -0.2) is 48.2 Å². The van der Waals surface area contributed by atoms with Crippen LogP contribution in [0.15, 0.2) is 0 Å². The van der Waals surface area contributed by atoms with E-state index in [0.717, 1.165) is 0 Å². The van der Waals surface area contributed by atoms with Crippen LogP contribution in [0.4, 0.5) is 4.79 Å². The van der Waals surface area contributed by atoms with Gasteiger partial charge in [0.25, 0.3) is 0 Å². The molecule has 2 aliphatic heterocycles. The molecule has 2 rings (SSSR count). The molecule has 0 aliphatic carbocycles. The molecule has 2 atom stereocenters. The van der Waals surface area contributed by atoms with Gasteiger partial charge in [-0.1, -0.05) is 0 Å². The van der Waals surface area contributed by atoms with E-state index in [1.54, 1.807) is 4.90 Å². The van der Waals surface area contributed by atoms with Gasteiger partial charge in [0, 0.05) is 13.0 Å². The average Bonchev–Trinajstić information content (AvgIpc) is 2.60. The van der Waals surface area contributed by atoms with Gasteiger partial charge in [-0.2, -0.15) is 0 Å². The van der Waals surface area contributed by atoms with E-state index >= 15 is 0 Å². The number of ether oxygens (including phenoxy) is 2. The lowest BCUT2D eigenvalue weighted by Crippen LogP contribution is -2.36.